The van der Waals surface area contributed by atoms with Gasteiger partial charge in [0.15, 0.2) is 0 Å². The monoisotopic (exact) mass is 419 g/mol. The molecule has 0 saturated heterocycles. The first kappa shape index (κ1) is 22.7. The van der Waals surface area contributed by atoms with E-state index in [4.69, 9.17) is 4.74 Å². The number of carboxylic acid groups (broad SMARTS) is 1. The molecule has 3 aromatic carbocycles. The summed E-state index contributed by atoms with van der Waals surface area (Å²) in [4.78, 5) is 14.0. The first-order chi connectivity index (χ1) is 15.1. The smallest absolute Gasteiger partial charge is 0.323 e. The van der Waals surface area contributed by atoms with E-state index in [1.165, 1.54) is 0 Å². The van der Waals surface area contributed by atoms with Crippen LogP contribution in [0.2, 0.25) is 0 Å². The van der Waals surface area contributed by atoms with Crippen molar-refractivity contribution in [1.29, 1.82) is 0 Å². The lowest BCUT2D eigenvalue weighted by Gasteiger charge is -2.32. The lowest BCUT2D eigenvalue weighted by Crippen LogP contribution is -2.48. The van der Waals surface area contributed by atoms with Crippen molar-refractivity contribution in [3.63, 3.8) is 0 Å². The molecule has 2 atom stereocenters. The first-order valence-electron chi connectivity index (χ1n) is 10.5. The average molecular weight is 420 g/mol. The molecule has 3 rings (SSSR count). The minimum atomic E-state index is -1.05. The van der Waals surface area contributed by atoms with Gasteiger partial charge in [0.2, 0.25) is 0 Å². The van der Waals surface area contributed by atoms with Gasteiger partial charge in [-0.25, -0.2) is 0 Å². The molecule has 0 saturated carbocycles. The van der Waals surface area contributed by atoms with Crippen molar-refractivity contribution in [2.45, 2.75) is 38.3 Å². The van der Waals surface area contributed by atoms with E-state index in [0.29, 0.717) is 19.7 Å². The Labute approximate surface area is 183 Å². The molecule has 0 fully saturated rings. The van der Waals surface area contributed by atoms with E-state index in [-0.39, 0.29) is 13.0 Å². The van der Waals surface area contributed by atoms with Gasteiger partial charge in [0.25, 0.3) is 0 Å². The average Bonchev–Trinajstić information content (AvgIpc) is 2.79. The predicted molar refractivity (Wildman–Crippen MR) is 120 cm³/mol. The van der Waals surface area contributed by atoms with Crippen LogP contribution in [-0.4, -0.2) is 39.8 Å². The highest BCUT2D eigenvalue weighted by Crippen LogP contribution is 2.18. The number of rotatable bonds is 12. The molecule has 0 radical (unpaired) electrons. The molecule has 0 aliphatic carbocycles. The highest BCUT2D eigenvalue weighted by molar-refractivity contribution is 5.74. The minimum Gasteiger partial charge on any atom is -0.480 e. The Kier molecular flexibility index (Phi) is 8.79. The summed E-state index contributed by atoms with van der Waals surface area (Å²) in [6.07, 6.45) is -0.815. The first-order valence-corrected chi connectivity index (χ1v) is 10.5. The van der Waals surface area contributed by atoms with Crippen LogP contribution in [0.25, 0.3) is 0 Å². The van der Waals surface area contributed by atoms with Crippen molar-refractivity contribution in [2.24, 2.45) is 0 Å². The third kappa shape index (κ3) is 7.33. The number of hydrogen-bond donors (Lipinski definition) is 2. The fourth-order valence-electron chi connectivity index (χ4n) is 3.58. The number of benzene rings is 3. The van der Waals surface area contributed by atoms with Crippen LogP contribution in [0.5, 0.6) is 0 Å². The largest absolute Gasteiger partial charge is 0.480 e. The summed E-state index contributed by atoms with van der Waals surface area (Å²) in [5.41, 5.74) is 3.04. The number of nitrogens with zero attached hydrogens (tertiary/aromatic N) is 1. The summed E-state index contributed by atoms with van der Waals surface area (Å²) in [7, 11) is 0. The second-order valence-corrected chi connectivity index (χ2v) is 7.55. The van der Waals surface area contributed by atoms with Crippen molar-refractivity contribution in [3.05, 3.63) is 108 Å². The lowest BCUT2D eigenvalue weighted by atomic mass is 10.0. The highest BCUT2D eigenvalue weighted by Gasteiger charge is 2.32. The second kappa shape index (κ2) is 12.0. The van der Waals surface area contributed by atoms with Crippen molar-refractivity contribution < 1.29 is 19.7 Å². The van der Waals surface area contributed by atoms with Crippen molar-refractivity contribution in [3.8, 4) is 0 Å². The summed E-state index contributed by atoms with van der Waals surface area (Å²) in [6, 6.07) is 28.2. The molecule has 2 unspecified atom stereocenters. The van der Waals surface area contributed by atoms with Gasteiger partial charge < -0.3 is 14.9 Å². The third-order valence-corrected chi connectivity index (χ3v) is 5.14. The molecule has 0 spiro atoms. The number of carbonyl (C=O) groups is 1. The highest BCUT2D eigenvalue weighted by atomic mass is 16.5. The van der Waals surface area contributed by atoms with Gasteiger partial charge in [0.1, 0.15) is 6.04 Å². The van der Waals surface area contributed by atoms with Gasteiger partial charge in [-0.2, -0.15) is 0 Å². The second-order valence-electron chi connectivity index (χ2n) is 7.55. The number of hydrogen-bond acceptors (Lipinski definition) is 4. The molecule has 0 amide bonds. The molecule has 0 heterocycles. The Morgan fingerprint density at radius 1 is 0.774 bits per heavy atom. The van der Waals surface area contributed by atoms with Gasteiger partial charge in [-0.05, 0) is 23.1 Å². The van der Waals surface area contributed by atoms with Gasteiger partial charge in [0, 0.05) is 19.7 Å². The van der Waals surface area contributed by atoms with Gasteiger partial charge in [-0.15, -0.1) is 0 Å². The Hall–Kier alpha value is -2.99. The number of aliphatic carboxylic acids is 1. The Bertz CT molecular complexity index is 861. The fourth-order valence-corrected chi connectivity index (χ4v) is 3.58. The van der Waals surface area contributed by atoms with E-state index in [2.05, 4.69) is 0 Å². The van der Waals surface area contributed by atoms with Crippen LogP contribution in [0.4, 0.5) is 0 Å². The van der Waals surface area contributed by atoms with Crippen molar-refractivity contribution in [2.75, 3.05) is 6.61 Å². The summed E-state index contributed by atoms with van der Waals surface area (Å²) in [5, 5.41) is 20.8. The van der Waals surface area contributed by atoms with E-state index in [0.717, 1.165) is 16.7 Å². The number of ether oxygens (including phenoxy) is 1. The molecule has 3 aromatic rings. The summed E-state index contributed by atoms with van der Waals surface area (Å²) in [6.45, 7) is 1.57. The van der Waals surface area contributed by atoms with E-state index in [9.17, 15) is 15.0 Å². The summed E-state index contributed by atoms with van der Waals surface area (Å²) < 4.78 is 5.67. The Morgan fingerprint density at radius 3 is 1.68 bits per heavy atom. The van der Waals surface area contributed by atoms with Crippen LogP contribution < -0.4 is 0 Å². The zero-order valence-corrected chi connectivity index (χ0v) is 17.5. The van der Waals surface area contributed by atoms with Gasteiger partial charge in [-0.3, -0.25) is 9.69 Å². The molecule has 5 heteroatoms. The normalized spacial score (nSPS) is 13.1. The third-order valence-electron chi connectivity index (χ3n) is 5.14. The van der Waals surface area contributed by atoms with Gasteiger partial charge in [-0.1, -0.05) is 91.0 Å². The van der Waals surface area contributed by atoms with E-state index in [1.54, 1.807) is 0 Å². The van der Waals surface area contributed by atoms with Crippen LogP contribution >= 0.6 is 0 Å². The van der Waals surface area contributed by atoms with E-state index >= 15 is 0 Å². The van der Waals surface area contributed by atoms with E-state index in [1.807, 2.05) is 95.9 Å². The SMILES string of the molecule is O=C(O)C(C(O)CCOCc1ccccc1)N(Cc1ccccc1)Cc1ccccc1. The van der Waals surface area contributed by atoms with Crippen LogP contribution in [0, 0.1) is 0 Å². The Morgan fingerprint density at radius 2 is 1.23 bits per heavy atom. The zero-order valence-electron chi connectivity index (χ0n) is 17.5. The molecule has 162 valence electrons. The quantitative estimate of drug-likeness (QED) is 0.433. The van der Waals surface area contributed by atoms with Crippen LogP contribution in [0.3, 0.4) is 0 Å². The van der Waals surface area contributed by atoms with Gasteiger partial charge >= 0.3 is 5.97 Å². The van der Waals surface area contributed by atoms with Gasteiger partial charge in [0.05, 0.1) is 12.7 Å². The molecule has 0 aromatic heterocycles. The van der Waals surface area contributed by atoms with Crippen molar-refractivity contribution >= 4 is 5.97 Å². The van der Waals surface area contributed by atoms with E-state index < -0.39 is 18.1 Å². The number of aliphatic hydroxyl groups is 1. The maximum atomic E-state index is 12.2. The lowest BCUT2D eigenvalue weighted by molar-refractivity contribution is -0.149. The standard InChI is InChI=1S/C26H29NO4/c28-24(16-17-31-20-23-14-8-3-9-15-23)25(26(29)30)27(18-21-10-4-1-5-11-21)19-22-12-6-2-7-13-22/h1-15,24-25,28H,16-20H2,(H,29,30). The minimum absolute atomic E-state index is 0.240. The predicted octanol–water partition coefficient (Wildman–Crippen LogP) is 4.11. The Balaban J connectivity index is 1.67. The molecule has 2 N–H and O–H groups in total. The van der Waals surface area contributed by atoms with Crippen LogP contribution in [0.1, 0.15) is 23.1 Å². The van der Waals surface area contributed by atoms with Crippen LogP contribution in [-0.2, 0) is 29.2 Å². The molecule has 31 heavy (non-hydrogen) atoms. The molecular formula is C26H29NO4. The maximum Gasteiger partial charge on any atom is 0.323 e. The molecule has 0 bridgehead atoms. The molecule has 0 aliphatic heterocycles. The van der Waals surface area contributed by atoms with Crippen LogP contribution in [0.15, 0.2) is 91.0 Å². The topological polar surface area (TPSA) is 70.0 Å². The maximum absolute atomic E-state index is 12.2. The molecule has 5 nitrogen and oxygen atoms in total. The number of carboxylic acids is 1. The molecular weight excluding hydrogens is 390 g/mol. The summed E-state index contributed by atoms with van der Waals surface area (Å²) in [5.74, 6) is -1.04. The summed E-state index contributed by atoms with van der Waals surface area (Å²) >= 11 is 0. The fraction of sp³-hybridized carbons (Fsp3) is 0.269. The zero-order chi connectivity index (χ0) is 21.9. The molecule has 0 aliphatic rings. The van der Waals surface area contributed by atoms with Crippen molar-refractivity contribution in [1.82, 2.24) is 4.90 Å². The number of aliphatic hydroxyl groups excluding tert-OH is 1.